The number of piperidine rings is 1. The van der Waals surface area contributed by atoms with E-state index >= 15 is 0 Å². The quantitative estimate of drug-likeness (QED) is 0.663. The molecule has 2 aliphatic rings. The second kappa shape index (κ2) is 3.87. The topological polar surface area (TPSA) is 52.6 Å². The molecule has 14 heavy (non-hydrogen) atoms. The lowest BCUT2D eigenvalue weighted by atomic mass is 9.94. The molecule has 4 heteroatoms. The van der Waals surface area contributed by atoms with Gasteiger partial charge in [-0.05, 0) is 32.2 Å². The number of rotatable bonds is 2. The van der Waals surface area contributed by atoms with Crippen molar-refractivity contribution >= 4 is 5.97 Å². The number of aliphatic carboxylic acids is 1. The van der Waals surface area contributed by atoms with Crippen LogP contribution in [0.5, 0.6) is 0 Å². The van der Waals surface area contributed by atoms with Crippen molar-refractivity contribution in [1.82, 2.24) is 10.2 Å². The minimum Gasteiger partial charge on any atom is -0.480 e. The lowest BCUT2D eigenvalue weighted by Gasteiger charge is -2.24. The first-order valence-corrected chi connectivity index (χ1v) is 5.38. The highest BCUT2D eigenvalue weighted by molar-refractivity contribution is 5.72. The Bertz CT molecular complexity index is 218. The van der Waals surface area contributed by atoms with Gasteiger partial charge in [0, 0.05) is 19.1 Å². The molecule has 2 N–H and O–H groups in total. The van der Waals surface area contributed by atoms with Crippen LogP contribution in [0.1, 0.15) is 19.8 Å². The van der Waals surface area contributed by atoms with E-state index in [2.05, 4.69) is 10.2 Å². The monoisotopic (exact) mass is 198 g/mol. The zero-order valence-electron chi connectivity index (χ0n) is 8.57. The Morgan fingerprint density at radius 3 is 3.00 bits per heavy atom. The molecule has 2 heterocycles. The highest BCUT2D eigenvalue weighted by Gasteiger charge is 2.37. The average Bonchev–Trinajstić information content (AvgIpc) is 2.59. The number of fused-ring (bicyclic) bond motifs is 1. The van der Waals surface area contributed by atoms with Gasteiger partial charge in [-0.25, -0.2) is 0 Å². The summed E-state index contributed by atoms with van der Waals surface area (Å²) in [6.07, 6.45) is 2.48. The van der Waals surface area contributed by atoms with Gasteiger partial charge < -0.3 is 10.4 Å². The Kier molecular flexibility index (Phi) is 2.74. The van der Waals surface area contributed by atoms with Gasteiger partial charge in [-0.15, -0.1) is 0 Å². The minimum atomic E-state index is -0.705. The van der Waals surface area contributed by atoms with Crippen LogP contribution in [-0.4, -0.2) is 47.7 Å². The minimum absolute atomic E-state index is 0.331. The largest absolute Gasteiger partial charge is 0.480 e. The molecule has 0 spiro atoms. The molecule has 2 fully saturated rings. The predicted molar refractivity (Wildman–Crippen MR) is 53.2 cm³/mol. The maximum atomic E-state index is 10.8. The van der Waals surface area contributed by atoms with E-state index in [9.17, 15) is 4.79 Å². The first kappa shape index (κ1) is 9.93. The number of nitrogens with zero attached hydrogens (tertiary/aromatic N) is 1. The summed E-state index contributed by atoms with van der Waals surface area (Å²) >= 11 is 0. The SMILES string of the molecule is CC(C(=O)O)N1CC2CCCNC2C1. The maximum Gasteiger partial charge on any atom is 0.320 e. The number of carboxylic acids is 1. The maximum absolute atomic E-state index is 10.8. The summed E-state index contributed by atoms with van der Waals surface area (Å²) in [6, 6.07) is 0.202. The number of carbonyl (C=O) groups is 1. The van der Waals surface area contributed by atoms with Crippen LogP contribution in [0.25, 0.3) is 0 Å². The predicted octanol–water partition coefficient (Wildman–Crippen LogP) is 0.143. The van der Waals surface area contributed by atoms with Crippen molar-refractivity contribution in [2.24, 2.45) is 5.92 Å². The summed E-state index contributed by atoms with van der Waals surface area (Å²) in [7, 11) is 0. The van der Waals surface area contributed by atoms with E-state index in [0.29, 0.717) is 12.0 Å². The van der Waals surface area contributed by atoms with Gasteiger partial charge in [-0.1, -0.05) is 0 Å². The van der Waals surface area contributed by atoms with Gasteiger partial charge in [0.1, 0.15) is 6.04 Å². The molecular formula is C10H18N2O2. The van der Waals surface area contributed by atoms with Crippen molar-refractivity contribution in [3.8, 4) is 0 Å². The van der Waals surface area contributed by atoms with Gasteiger partial charge in [0.15, 0.2) is 0 Å². The number of nitrogens with one attached hydrogen (secondary N) is 1. The molecule has 2 rings (SSSR count). The highest BCUT2D eigenvalue weighted by atomic mass is 16.4. The lowest BCUT2D eigenvalue weighted by molar-refractivity contribution is -0.142. The molecule has 0 amide bonds. The third-order valence-electron chi connectivity index (χ3n) is 3.53. The normalized spacial score (nSPS) is 35.2. The summed E-state index contributed by atoms with van der Waals surface area (Å²) in [4.78, 5) is 12.9. The number of likely N-dealkylation sites (tertiary alicyclic amines) is 1. The van der Waals surface area contributed by atoms with Crippen molar-refractivity contribution in [3.63, 3.8) is 0 Å². The van der Waals surface area contributed by atoms with Crippen LogP contribution < -0.4 is 5.32 Å². The summed E-state index contributed by atoms with van der Waals surface area (Å²) < 4.78 is 0. The smallest absolute Gasteiger partial charge is 0.320 e. The average molecular weight is 198 g/mol. The van der Waals surface area contributed by atoms with Gasteiger partial charge >= 0.3 is 5.97 Å². The van der Waals surface area contributed by atoms with Crippen LogP contribution in [0.3, 0.4) is 0 Å². The second-order valence-electron chi connectivity index (χ2n) is 4.43. The third-order valence-corrected chi connectivity index (χ3v) is 3.53. The molecular weight excluding hydrogens is 180 g/mol. The molecule has 0 aromatic rings. The molecule has 3 unspecified atom stereocenters. The molecule has 3 atom stereocenters. The standard InChI is InChI=1S/C10H18N2O2/c1-7(10(13)14)12-5-8-3-2-4-11-9(8)6-12/h7-9,11H,2-6H2,1H3,(H,13,14). The van der Waals surface area contributed by atoms with Gasteiger partial charge in [0.25, 0.3) is 0 Å². The molecule has 0 saturated carbocycles. The van der Waals surface area contributed by atoms with Crippen LogP contribution in [0.15, 0.2) is 0 Å². The Labute approximate surface area is 84.3 Å². The van der Waals surface area contributed by atoms with E-state index in [4.69, 9.17) is 5.11 Å². The Morgan fingerprint density at radius 2 is 2.36 bits per heavy atom. The van der Waals surface area contributed by atoms with E-state index in [1.54, 1.807) is 6.92 Å². The van der Waals surface area contributed by atoms with Crippen molar-refractivity contribution in [3.05, 3.63) is 0 Å². The van der Waals surface area contributed by atoms with E-state index in [0.717, 1.165) is 19.6 Å². The van der Waals surface area contributed by atoms with Gasteiger partial charge in [-0.2, -0.15) is 0 Å². The van der Waals surface area contributed by atoms with Crippen LogP contribution in [0, 0.1) is 5.92 Å². The molecule has 0 aromatic carbocycles. The highest BCUT2D eigenvalue weighted by Crippen LogP contribution is 2.26. The van der Waals surface area contributed by atoms with Gasteiger partial charge in [-0.3, -0.25) is 9.69 Å². The number of hydrogen-bond donors (Lipinski definition) is 2. The fourth-order valence-electron chi connectivity index (χ4n) is 2.55. The first-order valence-electron chi connectivity index (χ1n) is 5.38. The zero-order chi connectivity index (χ0) is 10.1. The van der Waals surface area contributed by atoms with E-state index in [1.165, 1.54) is 12.8 Å². The molecule has 2 saturated heterocycles. The summed E-state index contributed by atoms with van der Waals surface area (Å²) in [5, 5.41) is 12.4. The second-order valence-corrected chi connectivity index (χ2v) is 4.43. The lowest BCUT2D eigenvalue weighted by Crippen LogP contribution is -2.42. The molecule has 0 aliphatic carbocycles. The van der Waals surface area contributed by atoms with E-state index in [-0.39, 0.29) is 6.04 Å². The fraction of sp³-hybridized carbons (Fsp3) is 0.900. The summed E-state index contributed by atoms with van der Waals surface area (Å²) in [5.74, 6) is -0.0332. The Morgan fingerprint density at radius 1 is 1.57 bits per heavy atom. The van der Waals surface area contributed by atoms with Crippen LogP contribution in [0.2, 0.25) is 0 Å². The third kappa shape index (κ3) is 1.77. The first-order chi connectivity index (χ1) is 6.68. The van der Waals surface area contributed by atoms with Gasteiger partial charge in [0.2, 0.25) is 0 Å². The number of carboxylic acid groups (broad SMARTS) is 1. The molecule has 0 radical (unpaired) electrons. The van der Waals surface area contributed by atoms with E-state index < -0.39 is 5.97 Å². The van der Waals surface area contributed by atoms with Crippen molar-refractivity contribution in [1.29, 1.82) is 0 Å². The van der Waals surface area contributed by atoms with Crippen LogP contribution in [-0.2, 0) is 4.79 Å². The van der Waals surface area contributed by atoms with Crippen molar-refractivity contribution in [2.75, 3.05) is 19.6 Å². The molecule has 0 aromatic heterocycles. The Hall–Kier alpha value is -0.610. The van der Waals surface area contributed by atoms with Gasteiger partial charge in [0.05, 0.1) is 0 Å². The fourth-order valence-corrected chi connectivity index (χ4v) is 2.55. The molecule has 4 nitrogen and oxygen atoms in total. The van der Waals surface area contributed by atoms with Crippen LogP contribution in [0.4, 0.5) is 0 Å². The van der Waals surface area contributed by atoms with Crippen molar-refractivity contribution < 1.29 is 9.90 Å². The summed E-state index contributed by atoms with van der Waals surface area (Å²) in [6.45, 7) is 4.72. The van der Waals surface area contributed by atoms with Crippen LogP contribution >= 0.6 is 0 Å². The van der Waals surface area contributed by atoms with E-state index in [1.807, 2.05) is 0 Å². The zero-order valence-corrected chi connectivity index (χ0v) is 8.57. The molecule has 80 valence electrons. The molecule has 2 aliphatic heterocycles. The summed E-state index contributed by atoms with van der Waals surface area (Å²) in [5.41, 5.74) is 0. The molecule has 0 bridgehead atoms. The Balaban J connectivity index is 1.95. The van der Waals surface area contributed by atoms with Crippen molar-refractivity contribution in [2.45, 2.75) is 31.8 Å². The number of hydrogen-bond acceptors (Lipinski definition) is 3.